The van der Waals surface area contributed by atoms with Crippen molar-refractivity contribution >= 4 is 45.3 Å². The number of nitrogens with one attached hydrogen (secondary N) is 1. The van der Waals surface area contributed by atoms with Gasteiger partial charge in [0.15, 0.2) is 0 Å². The number of hydrazone groups is 1. The van der Waals surface area contributed by atoms with Crippen molar-refractivity contribution in [2.24, 2.45) is 5.10 Å². The first-order chi connectivity index (χ1) is 13.9. The second kappa shape index (κ2) is 9.20. The Labute approximate surface area is 176 Å². The summed E-state index contributed by atoms with van der Waals surface area (Å²) in [5.74, 6) is -0.0263. The molecule has 3 aromatic rings. The minimum absolute atomic E-state index is 0.0864. The number of benzene rings is 3. The van der Waals surface area contributed by atoms with Gasteiger partial charge in [-0.2, -0.15) is 5.10 Å². The standard InChI is InChI=1S/C22H21ClN2O3S/c1-14(2)29(28)13-17-8-7-16(18-5-3-4-6-19(17)18)12-24-25-22(27)15-9-10-21(26)20(23)11-15/h3-12,14,26H,13H2,1-2H3,(H,25,27)/b24-12+. The predicted molar refractivity (Wildman–Crippen MR) is 119 cm³/mol. The quantitative estimate of drug-likeness (QED) is 0.444. The average molecular weight is 429 g/mol. The zero-order chi connectivity index (χ0) is 21.0. The maximum Gasteiger partial charge on any atom is 0.271 e. The van der Waals surface area contributed by atoms with E-state index < -0.39 is 16.7 Å². The Morgan fingerprint density at radius 3 is 2.59 bits per heavy atom. The number of amides is 1. The summed E-state index contributed by atoms with van der Waals surface area (Å²) in [4.78, 5) is 12.2. The van der Waals surface area contributed by atoms with Crippen molar-refractivity contribution < 1.29 is 14.1 Å². The van der Waals surface area contributed by atoms with Crippen molar-refractivity contribution in [2.75, 3.05) is 0 Å². The summed E-state index contributed by atoms with van der Waals surface area (Å²) < 4.78 is 12.3. The summed E-state index contributed by atoms with van der Waals surface area (Å²) in [6.07, 6.45) is 1.57. The van der Waals surface area contributed by atoms with Crippen LogP contribution in [0.25, 0.3) is 10.8 Å². The molecule has 0 spiro atoms. The first-order valence-corrected chi connectivity index (χ1v) is 10.8. The van der Waals surface area contributed by atoms with Gasteiger partial charge in [0, 0.05) is 32.9 Å². The van der Waals surface area contributed by atoms with Crippen molar-refractivity contribution in [3.8, 4) is 5.75 Å². The summed E-state index contributed by atoms with van der Waals surface area (Å²) in [5, 5.41) is 15.7. The van der Waals surface area contributed by atoms with Gasteiger partial charge in [0.2, 0.25) is 0 Å². The first kappa shape index (κ1) is 21.0. The second-order valence-electron chi connectivity index (χ2n) is 6.80. The highest BCUT2D eigenvalue weighted by atomic mass is 35.5. The lowest BCUT2D eigenvalue weighted by atomic mass is 10.0. The predicted octanol–water partition coefficient (Wildman–Crippen LogP) is 4.62. The van der Waals surface area contributed by atoms with Gasteiger partial charge in [0.25, 0.3) is 5.91 Å². The molecular formula is C22H21ClN2O3S. The molecule has 2 N–H and O–H groups in total. The van der Waals surface area contributed by atoms with E-state index in [4.69, 9.17) is 11.6 Å². The second-order valence-corrected chi connectivity index (χ2v) is 9.20. The van der Waals surface area contributed by atoms with Crippen LogP contribution in [0.15, 0.2) is 59.7 Å². The van der Waals surface area contributed by atoms with Crippen LogP contribution < -0.4 is 5.43 Å². The van der Waals surface area contributed by atoms with Crippen LogP contribution in [0.5, 0.6) is 5.75 Å². The molecular weight excluding hydrogens is 408 g/mol. The molecule has 0 aliphatic carbocycles. The van der Waals surface area contributed by atoms with Gasteiger partial charge in [0.05, 0.1) is 11.2 Å². The van der Waals surface area contributed by atoms with Gasteiger partial charge >= 0.3 is 0 Å². The van der Waals surface area contributed by atoms with Gasteiger partial charge in [-0.05, 0) is 34.5 Å². The van der Waals surface area contributed by atoms with Crippen LogP contribution in [-0.2, 0) is 16.6 Å². The largest absolute Gasteiger partial charge is 0.506 e. The SMILES string of the molecule is CC(C)S(=O)Cc1ccc(/C=N/NC(=O)c2ccc(O)c(Cl)c2)c2ccccc12. The van der Waals surface area contributed by atoms with Gasteiger partial charge in [-0.15, -0.1) is 0 Å². The zero-order valence-corrected chi connectivity index (χ0v) is 17.6. The third-order valence-electron chi connectivity index (χ3n) is 4.45. The molecule has 5 nitrogen and oxygen atoms in total. The van der Waals surface area contributed by atoms with Crippen LogP contribution in [0.4, 0.5) is 0 Å². The number of carbonyl (C=O) groups excluding carboxylic acids is 1. The molecule has 0 heterocycles. The fourth-order valence-corrected chi connectivity index (χ4v) is 3.89. The number of halogens is 1. The molecule has 7 heteroatoms. The Kier molecular flexibility index (Phi) is 6.67. The summed E-state index contributed by atoms with van der Waals surface area (Å²) >= 11 is 5.83. The molecule has 0 aliphatic heterocycles. The molecule has 29 heavy (non-hydrogen) atoms. The van der Waals surface area contributed by atoms with Gasteiger partial charge < -0.3 is 5.11 Å². The zero-order valence-electron chi connectivity index (χ0n) is 16.1. The minimum Gasteiger partial charge on any atom is -0.506 e. The first-order valence-electron chi connectivity index (χ1n) is 9.06. The van der Waals surface area contributed by atoms with Crippen molar-refractivity contribution in [1.29, 1.82) is 0 Å². The average Bonchev–Trinajstić information content (AvgIpc) is 2.71. The minimum atomic E-state index is -0.941. The lowest BCUT2D eigenvalue weighted by Gasteiger charge is -2.10. The van der Waals surface area contributed by atoms with E-state index in [2.05, 4.69) is 10.5 Å². The van der Waals surface area contributed by atoms with E-state index >= 15 is 0 Å². The molecule has 1 atom stereocenters. The number of phenolic OH excluding ortho intramolecular Hbond substituents is 1. The number of aromatic hydroxyl groups is 1. The van der Waals surface area contributed by atoms with Crippen LogP contribution in [0, 0.1) is 0 Å². The number of fused-ring (bicyclic) bond motifs is 1. The maximum absolute atomic E-state index is 12.3. The molecule has 1 unspecified atom stereocenters. The molecule has 1 amide bonds. The van der Waals surface area contributed by atoms with E-state index in [1.165, 1.54) is 18.2 Å². The van der Waals surface area contributed by atoms with Crippen molar-refractivity contribution in [3.05, 3.63) is 76.3 Å². The number of nitrogens with zero attached hydrogens (tertiary/aromatic N) is 1. The van der Waals surface area contributed by atoms with E-state index in [0.29, 0.717) is 11.3 Å². The molecule has 3 rings (SSSR count). The molecule has 3 aromatic carbocycles. The van der Waals surface area contributed by atoms with Gasteiger partial charge in [0.1, 0.15) is 5.75 Å². The van der Waals surface area contributed by atoms with Crippen LogP contribution in [0.1, 0.15) is 35.3 Å². The lowest BCUT2D eigenvalue weighted by Crippen LogP contribution is -2.17. The fraction of sp³-hybridized carbons (Fsp3) is 0.182. The third kappa shape index (κ3) is 5.02. The van der Waals surface area contributed by atoms with Crippen LogP contribution >= 0.6 is 11.6 Å². The van der Waals surface area contributed by atoms with E-state index in [1.54, 1.807) is 6.21 Å². The smallest absolute Gasteiger partial charge is 0.271 e. The van der Waals surface area contributed by atoms with E-state index in [-0.39, 0.29) is 16.0 Å². The van der Waals surface area contributed by atoms with Crippen molar-refractivity contribution in [2.45, 2.75) is 24.9 Å². The van der Waals surface area contributed by atoms with Gasteiger partial charge in [-0.3, -0.25) is 9.00 Å². The summed E-state index contributed by atoms with van der Waals surface area (Å²) in [6.45, 7) is 3.90. The Morgan fingerprint density at radius 2 is 1.90 bits per heavy atom. The lowest BCUT2D eigenvalue weighted by molar-refractivity contribution is 0.0955. The number of carbonyl (C=O) groups is 1. The highest BCUT2D eigenvalue weighted by molar-refractivity contribution is 7.84. The molecule has 0 aromatic heterocycles. The fourth-order valence-electron chi connectivity index (χ4n) is 2.82. The van der Waals surface area contributed by atoms with Crippen LogP contribution in [0.3, 0.4) is 0 Å². The van der Waals surface area contributed by atoms with Crippen molar-refractivity contribution in [3.63, 3.8) is 0 Å². The summed E-state index contributed by atoms with van der Waals surface area (Å²) in [6, 6.07) is 15.9. The molecule has 150 valence electrons. The number of hydrogen-bond donors (Lipinski definition) is 2. The maximum atomic E-state index is 12.3. The summed E-state index contributed by atoms with van der Waals surface area (Å²) in [5.41, 5.74) is 4.61. The topological polar surface area (TPSA) is 78.8 Å². The molecule has 0 saturated heterocycles. The van der Waals surface area contributed by atoms with Crippen LogP contribution in [0.2, 0.25) is 5.02 Å². The van der Waals surface area contributed by atoms with Crippen molar-refractivity contribution in [1.82, 2.24) is 5.43 Å². The normalized spacial score (nSPS) is 12.6. The number of rotatable bonds is 6. The van der Waals surface area contributed by atoms with Gasteiger partial charge in [-0.25, -0.2) is 5.43 Å². The Hall–Kier alpha value is -2.70. The Morgan fingerprint density at radius 1 is 1.17 bits per heavy atom. The van der Waals surface area contributed by atoms with E-state index in [9.17, 15) is 14.1 Å². The third-order valence-corrected chi connectivity index (χ3v) is 6.40. The van der Waals surface area contributed by atoms with Gasteiger partial charge in [-0.1, -0.05) is 61.8 Å². The molecule has 0 saturated carbocycles. The number of hydrogen-bond acceptors (Lipinski definition) is 4. The highest BCUT2D eigenvalue weighted by Gasteiger charge is 2.11. The number of phenols is 1. The monoisotopic (exact) mass is 428 g/mol. The Balaban J connectivity index is 1.82. The highest BCUT2D eigenvalue weighted by Crippen LogP contribution is 2.25. The van der Waals surface area contributed by atoms with Crippen LogP contribution in [-0.4, -0.2) is 26.7 Å². The Bertz CT molecular complexity index is 1110. The van der Waals surface area contributed by atoms with E-state index in [0.717, 1.165) is 21.9 Å². The van der Waals surface area contributed by atoms with E-state index in [1.807, 2.05) is 50.2 Å². The molecule has 0 bridgehead atoms. The molecule has 0 fully saturated rings. The molecule has 0 aliphatic rings. The summed E-state index contributed by atoms with van der Waals surface area (Å²) in [7, 11) is -0.941. The molecule has 0 radical (unpaired) electrons.